The third-order valence-electron chi connectivity index (χ3n) is 2.95. The summed E-state index contributed by atoms with van der Waals surface area (Å²) in [6.07, 6.45) is 2.21. The summed E-state index contributed by atoms with van der Waals surface area (Å²) in [5, 5.41) is 0. The van der Waals surface area contributed by atoms with Crippen molar-refractivity contribution in [1.82, 2.24) is 9.97 Å². The van der Waals surface area contributed by atoms with E-state index in [0.717, 1.165) is 11.3 Å². The van der Waals surface area contributed by atoms with E-state index in [2.05, 4.69) is 23.8 Å². The molecule has 1 aromatic heterocycles. The van der Waals surface area contributed by atoms with Crippen molar-refractivity contribution in [3.63, 3.8) is 0 Å². The second kappa shape index (κ2) is 5.61. The molecule has 0 bridgehead atoms. The molecule has 2 rings (SSSR count). The van der Waals surface area contributed by atoms with Crippen LogP contribution in [0.1, 0.15) is 35.9 Å². The lowest BCUT2D eigenvalue weighted by molar-refractivity contribution is 0.111. The van der Waals surface area contributed by atoms with Gasteiger partial charge in [-0.05, 0) is 29.7 Å². The van der Waals surface area contributed by atoms with Crippen LogP contribution >= 0.6 is 0 Å². The molecule has 19 heavy (non-hydrogen) atoms. The van der Waals surface area contributed by atoms with Gasteiger partial charge in [0, 0.05) is 11.8 Å². The molecule has 0 aliphatic carbocycles. The van der Waals surface area contributed by atoms with E-state index in [-0.39, 0.29) is 5.82 Å². The van der Waals surface area contributed by atoms with Crippen LogP contribution in [0.25, 0.3) is 11.3 Å². The van der Waals surface area contributed by atoms with Crippen LogP contribution in [-0.2, 0) is 0 Å². The number of aromatic nitrogens is 2. The number of benzene rings is 1. The number of ether oxygens (including phenoxy) is 1. The minimum absolute atomic E-state index is 0.174. The van der Waals surface area contributed by atoms with Gasteiger partial charge in [-0.3, -0.25) is 4.79 Å². The lowest BCUT2D eigenvalue weighted by Gasteiger charge is -2.12. The van der Waals surface area contributed by atoms with Gasteiger partial charge in [-0.15, -0.1) is 0 Å². The molecule has 1 heterocycles. The van der Waals surface area contributed by atoms with Crippen molar-refractivity contribution in [2.75, 3.05) is 7.11 Å². The third kappa shape index (κ3) is 2.78. The van der Waals surface area contributed by atoms with Crippen molar-refractivity contribution >= 4 is 6.29 Å². The highest BCUT2D eigenvalue weighted by Gasteiger charge is 2.10. The van der Waals surface area contributed by atoms with E-state index in [4.69, 9.17) is 4.74 Å². The third-order valence-corrected chi connectivity index (χ3v) is 2.95. The molecule has 0 N–H and O–H groups in total. The first-order valence-corrected chi connectivity index (χ1v) is 6.12. The van der Waals surface area contributed by atoms with Crippen LogP contribution in [0.2, 0.25) is 0 Å². The van der Waals surface area contributed by atoms with Gasteiger partial charge in [-0.1, -0.05) is 19.9 Å². The Morgan fingerprint density at radius 1 is 1.26 bits per heavy atom. The molecule has 2 aromatic rings. The fraction of sp³-hybridized carbons (Fsp3) is 0.267. The Hall–Kier alpha value is -2.23. The topological polar surface area (TPSA) is 52.1 Å². The number of methoxy groups -OCH3 is 1. The Labute approximate surface area is 112 Å². The largest absolute Gasteiger partial charge is 0.496 e. The van der Waals surface area contributed by atoms with Gasteiger partial charge in [-0.2, -0.15) is 0 Å². The average molecular weight is 256 g/mol. The van der Waals surface area contributed by atoms with Gasteiger partial charge in [0.2, 0.25) is 0 Å². The van der Waals surface area contributed by atoms with Crippen LogP contribution in [0.5, 0.6) is 5.75 Å². The average Bonchev–Trinajstić information content (AvgIpc) is 2.46. The number of hydrogen-bond acceptors (Lipinski definition) is 4. The minimum atomic E-state index is 0.174. The molecular weight excluding hydrogens is 240 g/mol. The Morgan fingerprint density at radius 3 is 2.68 bits per heavy atom. The molecule has 0 saturated carbocycles. The van der Waals surface area contributed by atoms with E-state index in [1.54, 1.807) is 19.4 Å². The maximum absolute atomic E-state index is 10.7. The smallest absolute Gasteiger partial charge is 0.193 e. The minimum Gasteiger partial charge on any atom is -0.496 e. The summed E-state index contributed by atoms with van der Waals surface area (Å²) in [6, 6.07) is 7.78. The molecule has 0 fully saturated rings. The van der Waals surface area contributed by atoms with E-state index in [0.29, 0.717) is 17.9 Å². The Morgan fingerprint density at radius 2 is 2.05 bits per heavy atom. The van der Waals surface area contributed by atoms with Gasteiger partial charge in [0.05, 0.1) is 12.8 Å². The lowest BCUT2D eigenvalue weighted by atomic mass is 10.00. The van der Waals surface area contributed by atoms with E-state index >= 15 is 0 Å². The molecular formula is C15H16N2O2. The van der Waals surface area contributed by atoms with Crippen LogP contribution in [0.4, 0.5) is 0 Å². The van der Waals surface area contributed by atoms with Crippen molar-refractivity contribution in [3.05, 3.63) is 41.9 Å². The Bertz CT molecular complexity index is 594. The molecule has 0 spiro atoms. The maximum atomic E-state index is 10.7. The van der Waals surface area contributed by atoms with Crippen molar-refractivity contribution < 1.29 is 9.53 Å². The van der Waals surface area contributed by atoms with Crippen molar-refractivity contribution in [2.24, 2.45) is 0 Å². The van der Waals surface area contributed by atoms with Gasteiger partial charge in [0.15, 0.2) is 12.1 Å². The van der Waals surface area contributed by atoms with Crippen molar-refractivity contribution in [1.29, 1.82) is 0 Å². The predicted octanol–water partition coefficient (Wildman–Crippen LogP) is 3.09. The molecule has 4 nitrogen and oxygen atoms in total. The number of rotatable bonds is 4. The maximum Gasteiger partial charge on any atom is 0.193 e. The van der Waals surface area contributed by atoms with E-state index in [1.165, 1.54) is 5.56 Å². The predicted molar refractivity (Wildman–Crippen MR) is 73.5 cm³/mol. The number of hydrogen-bond donors (Lipinski definition) is 0. The van der Waals surface area contributed by atoms with E-state index in [9.17, 15) is 4.79 Å². The van der Waals surface area contributed by atoms with Crippen molar-refractivity contribution in [2.45, 2.75) is 19.8 Å². The van der Waals surface area contributed by atoms with E-state index < -0.39 is 0 Å². The molecule has 0 radical (unpaired) electrons. The molecule has 0 aliphatic rings. The molecule has 4 heteroatoms. The second-order valence-electron chi connectivity index (χ2n) is 4.53. The van der Waals surface area contributed by atoms with E-state index in [1.807, 2.05) is 18.2 Å². The Balaban J connectivity index is 2.51. The summed E-state index contributed by atoms with van der Waals surface area (Å²) in [4.78, 5) is 18.8. The Kier molecular flexibility index (Phi) is 3.90. The number of nitrogens with zero attached hydrogens (tertiary/aromatic N) is 2. The zero-order valence-electron chi connectivity index (χ0n) is 11.3. The van der Waals surface area contributed by atoms with Gasteiger partial charge >= 0.3 is 0 Å². The van der Waals surface area contributed by atoms with Crippen LogP contribution in [-0.4, -0.2) is 23.4 Å². The van der Waals surface area contributed by atoms with Gasteiger partial charge < -0.3 is 4.74 Å². The first-order chi connectivity index (χ1) is 9.15. The molecule has 0 saturated heterocycles. The molecule has 1 aromatic carbocycles. The van der Waals surface area contributed by atoms with Crippen LogP contribution in [0, 0.1) is 0 Å². The first-order valence-electron chi connectivity index (χ1n) is 6.12. The number of aldehydes is 1. The molecule has 0 aliphatic heterocycles. The first kappa shape index (κ1) is 13.2. The molecule has 0 unspecified atom stereocenters. The normalized spacial score (nSPS) is 10.5. The summed E-state index contributed by atoms with van der Waals surface area (Å²) < 4.78 is 5.42. The summed E-state index contributed by atoms with van der Waals surface area (Å²) in [5.74, 6) is 1.35. The fourth-order valence-corrected chi connectivity index (χ4v) is 1.86. The second-order valence-corrected chi connectivity index (χ2v) is 4.53. The van der Waals surface area contributed by atoms with Gasteiger partial charge in [-0.25, -0.2) is 9.97 Å². The summed E-state index contributed by atoms with van der Waals surface area (Å²) >= 11 is 0. The summed E-state index contributed by atoms with van der Waals surface area (Å²) in [6.45, 7) is 4.26. The SMILES string of the molecule is COc1cc(C(C)C)ccc1-c1ccnc(C=O)n1. The zero-order chi connectivity index (χ0) is 13.8. The molecule has 0 amide bonds. The number of carbonyl (C=O) groups is 1. The van der Waals surface area contributed by atoms with Gasteiger partial charge in [0.25, 0.3) is 0 Å². The zero-order valence-corrected chi connectivity index (χ0v) is 11.3. The highest BCUT2D eigenvalue weighted by Crippen LogP contribution is 2.31. The summed E-state index contributed by atoms with van der Waals surface area (Å²) in [7, 11) is 1.63. The van der Waals surface area contributed by atoms with Crippen LogP contribution in [0.15, 0.2) is 30.5 Å². The quantitative estimate of drug-likeness (QED) is 0.789. The standard InChI is InChI=1S/C15H16N2O2/c1-10(2)11-4-5-12(14(8-11)19-3)13-6-7-16-15(9-18)17-13/h4-10H,1-3H3. The van der Waals surface area contributed by atoms with Crippen LogP contribution in [0.3, 0.4) is 0 Å². The number of carbonyl (C=O) groups excluding carboxylic acids is 1. The molecule has 0 atom stereocenters. The lowest BCUT2D eigenvalue weighted by Crippen LogP contribution is -1.97. The van der Waals surface area contributed by atoms with Crippen molar-refractivity contribution in [3.8, 4) is 17.0 Å². The molecule has 98 valence electrons. The van der Waals surface area contributed by atoms with Gasteiger partial charge in [0.1, 0.15) is 5.75 Å². The van der Waals surface area contributed by atoms with Crippen LogP contribution < -0.4 is 4.74 Å². The highest BCUT2D eigenvalue weighted by atomic mass is 16.5. The highest BCUT2D eigenvalue weighted by molar-refractivity contribution is 5.73. The fourth-order valence-electron chi connectivity index (χ4n) is 1.86. The monoisotopic (exact) mass is 256 g/mol. The summed E-state index contributed by atoms with van der Waals surface area (Å²) in [5.41, 5.74) is 2.74.